The van der Waals surface area contributed by atoms with Crippen LogP contribution in [-0.2, 0) is 9.36 Å². The van der Waals surface area contributed by atoms with Crippen LogP contribution in [0.3, 0.4) is 0 Å². The van der Waals surface area contributed by atoms with Crippen LogP contribution in [0, 0.1) is 0 Å². The molecule has 0 rings (SSSR count). The topological polar surface area (TPSA) is 57.6 Å². The molecule has 0 aliphatic rings. The fourth-order valence-corrected chi connectivity index (χ4v) is 0.943. The fourth-order valence-electron chi connectivity index (χ4n) is 0.409. The first-order chi connectivity index (χ1) is 4.34. The van der Waals surface area contributed by atoms with Crippen LogP contribution in [-0.4, -0.2) is 28.9 Å². The van der Waals surface area contributed by atoms with Gasteiger partial charge in [-0.05, 0) is 25.2 Å². The van der Waals surface area contributed by atoms with E-state index in [0.717, 1.165) is 4.67 Å². The Morgan fingerprint density at radius 3 is 2.30 bits per heavy atom. The molecule has 0 aliphatic carbocycles. The number of Topliss-reactive ketones (excluding diaryl/α,β-unsaturated/α-hetero) is 1. The van der Waals surface area contributed by atoms with Crippen LogP contribution in [0.25, 0.3) is 0 Å². The van der Waals surface area contributed by atoms with Crippen LogP contribution in [0.1, 0.15) is 6.92 Å². The molecular formula is C4H9ClNO3P. The summed E-state index contributed by atoms with van der Waals surface area (Å²) >= 11 is 5.01. The normalized spacial score (nSPS) is 16.9. The predicted molar refractivity (Wildman–Crippen MR) is 39.0 cm³/mol. The fraction of sp³-hybridized carbons (Fsp3) is 0.750. The van der Waals surface area contributed by atoms with Crippen molar-refractivity contribution in [1.82, 2.24) is 4.67 Å². The third-order valence-corrected chi connectivity index (χ3v) is 2.63. The molecule has 6 heteroatoms. The third-order valence-electron chi connectivity index (χ3n) is 0.873. The molecule has 1 N–H and O–H groups in total. The number of carbonyl (C=O) groups is 1. The van der Waals surface area contributed by atoms with Gasteiger partial charge in [0, 0.05) is 0 Å². The molecule has 0 spiro atoms. The van der Waals surface area contributed by atoms with Gasteiger partial charge in [-0.1, -0.05) is 0 Å². The molecule has 1 atom stereocenters. The Morgan fingerprint density at radius 1 is 1.80 bits per heavy atom. The van der Waals surface area contributed by atoms with Crippen LogP contribution in [0.15, 0.2) is 0 Å². The van der Waals surface area contributed by atoms with Crippen LogP contribution >= 0.6 is 18.1 Å². The zero-order chi connectivity index (χ0) is 8.36. The van der Waals surface area contributed by atoms with E-state index in [0.29, 0.717) is 0 Å². The minimum Gasteiger partial charge on any atom is -0.322 e. The summed E-state index contributed by atoms with van der Waals surface area (Å²) in [4.78, 5) is 19.0. The summed E-state index contributed by atoms with van der Waals surface area (Å²) in [6, 6.07) is 0. The van der Waals surface area contributed by atoms with E-state index in [4.69, 9.17) is 16.1 Å². The second-order valence-electron chi connectivity index (χ2n) is 1.99. The van der Waals surface area contributed by atoms with Gasteiger partial charge in [0.2, 0.25) is 0 Å². The molecule has 0 aliphatic heterocycles. The zero-order valence-corrected chi connectivity index (χ0v) is 7.39. The summed E-state index contributed by atoms with van der Waals surface area (Å²) < 4.78 is 11.5. The lowest BCUT2D eigenvalue weighted by atomic mass is 10.5. The van der Waals surface area contributed by atoms with E-state index in [2.05, 4.69) is 0 Å². The van der Waals surface area contributed by atoms with E-state index in [-0.39, 0.29) is 12.3 Å². The highest BCUT2D eigenvalue weighted by molar-refractivity contribution is 7.82. The Bertz CT molecular complexity index is 177. The van der Waals surface area contributed by atoms with Gasteiger partial charge in [-0.2, -0.15) is 0 Å². The van der Waals surface area contributed by atoms with Crippen molar-refractivity contribution < 1.29 is 14.3 Å². The molecule has 0 aromatic carbocycles. The van der Waals surface area contributed by atoms with Crippen molar-refractivity contribution in [2.45, 2.75) is 6.92 Å². The minimum absolute atomic E-state index is 0.0999. The molecule has 0 aromatic rings. The van der Waals surface area contributed by atoms with E-state index in [1.165, 1.54) is 14.0 Å². The highest BCUT2D eigenvalue weighted by Crippen LogP contribution is 2.48. The van der Waals surface area contributed by atoms with Crippen molar-refractivity contribution in [2.24, 2.45) is 0 Å². The van der Waals surface area contributed by atoms with Gasteiger partial charge in [-0.25, -0.2) is 4.67 Å². The van der Waals surface area contributed by atoms with Gasteiger partial charge in [0.05, 0.1) is 6.54 Å². The minimum atomic E-state index is -3.73. The molecule has 0 bridgehead atoms. The molecule has 10 heavy (non-hydrogen) atoms. The van der Waals surface area contributed by atoms with Gasteiger partial charge in [0.1, 0.15) is 5.78 Å². The van der Waals surface area contributed by atoms with Crippen molar-refractivity contribution in [3.63, 3.8) is 0 Å². The van der Waals surface area contributed by atoms with Gasteiger partial charge < -0.3 is 4.89 Å². The van der Waals surface area contributed by atoms with Crippen molar-refractivity contribution in [2.75, 3.05) is 13.6 Å². The second-order valence-corrected chi connectivity index (χ2v) is 4.94. The van der Waals surface area contributed by atoms with Crippen molar-refractivity contribution >= 4 is 23.9 Å². The largest absolute Gasteiger partial charge is 0.360 e. The molecule has 1 unspecified atom stereocenters. The molecule has 4 nitrogen and oxygen atoms in total. The predicted octanol–water partition coefficient (Wildman–Crippen LogP) is 0.846. The van der Waals surface area contributed by atoms with Gasteiger partial charge in [0.15, 0.2) is 0 Å². The quantitative estimate of drug-likeness (QED) is 0.663. The van der Waals surface area contributed by atoms with Gasteiger partial charge in [-0.15, -0.1) is 0 Å². The van der Waals surface area contributed by atoms with E-state index >= 15 is 0 Å². The Balaban J connectivity index is 3.98. The molecule has 60 valence electrons. The number of likely N-dealkylation sites (N-methyl/N-ethyl adjacent to an activating group) is 1. The maximum absolute atomic E-state index is 10.5. The van der Waals surface area contributed by atoms with Gasteiger partial charge in [-0.3, -0.25) is 9.36 Å². The molecule has 0 heterocycles. The summed E-state index contributed by atoms with van der Waals surface area (Å²) in [5.41, 5.74) is 0. The first-order valence-electron chi connectivity index (χ1n) is 2.57. The lowest BCUT2D eigenvalue weighted by Crippen LogP contribution is -2.19. The highest BCUT2D eigenvalue weighted by Gasteiger charge is 2.21. The number of hydrogen-bond donors (Lipinski definition) is 1. The zero-order valence-electron chi connectivity index (χ0n) is 5.74. The number of carbonyl (C=O) groups excluding carboxylic acids is 1. The van der Waals surface area contributed by atoms with Crippen LogP contribution in [0.2, 0.25) is 0 Å². The first kappa shape index (κ1) is 10.1. The number of halogens is 1. The molecule has 0 radical (unpaired) electrons. The molecular weight excluding hydrogens is 176 g/mol. The summed E-state index contributed by atoms with van der Waals surface area (Å²) in [6.07, 6.45) is 0. The first-order valence-corrected chi connectivity index (χ1v) is 5.09. The monoisotopic (exact) mass is 185 g/mol. The average molecular weight is 186 g/mol. The van der Waals surface area contributed by atoms with E-state index in [1.807, 2.05) is 0 Å². The summed E-state index contributed by atoms with van der Waals surface area (Å²) in [7, 11) is 1.31. The Labute approximate surface area is 64.1 Å². The molecule has 0 saturated carbocycles. The highest BCUT2D eigenvalue weighted by atomic mass is 35.7. The summed E-state index contributed by atoms with van der Waals surface area (Å²) in [5, 5.41) is 0. The smallest absolute Gasteiger partial charge is 0.322 e. The maximum Gasteiger partial charge on any atom is 0.360 e. The molecule has 0 fully saturated rings. The van der Waals surface area contributed by atoms with E-state index in [9.17, 15) is 9.36 Å². The Kier molecular flexibility index (Phi) is 3.52. The number of ketones is 1. The average Bonchev–Trinajstić information content (AvgIpc) is 1.60. The van der Waals surface area contributed by atoms with Crippen LogP contribution in [0.4, 0.5) is 0 Å². The number of rotatable bonds is 3. The second kappa shape index (κ2) is 3.49. The number of nitrogens with zero attached hydrogens (tertiary/aromatic N) is 1. The molecule has 0 aromatic heterocycles. The molecule has 0 amide bonds. The third kappa shape index (κ3) is 4.01. The Hall–Kier alpha value is 0.110. The van der Waals surface area contributed by atoms with Crippen molar-refractivity contribution in [3.05, 3.63) is 0 Å². The van der Waals surface area contributed by atoms with Crippen LogP contribution < -0.4 is 0 Å². The summed E-state index contributed by atoms with van der Waals surface area (Å²) in [5.74, 6) is -0.197. The van der Waals surface area contributed by atoms with Crippen molar-refractivity contribution in [1.29, 1.82) is 0 Å². The van der Waals surface area contributed by atoms with E-state index in [1.54, 1.807) is 0 Å². The number of hydrogen-bond acceptors (Lipinski definition) is 2. The Morgan fingerprint density at radius 2 is 2.20 bits per heavy atom. The molecule has 0 saturated heterocycles. The van der Waals surface area contributed by atoms with Crippen molar-refractivity contribution in [3.8, 4) is 0 Å². The van der Waals surface area contributed by atoms with Gasteiger partial charge in [0.25, 0.3) is 0 Å². The lowest BCUT2D eigenvalue weighted by Gasteiger charge is -2.14. The lowest BCUT2D eigenvalue weighted by molar-refractivity contribution is -0.117. The van der Waals surface area contributed by atoms with E-state index < -0.39 is 6.87 Å². The van der Waals surface area contributed by atoms with Gasteiger partial charge >= 0.3 is 6.87 Å². The standard InChI is InChI=1S/C4H9ClNO3P/c1-4(7)3-6(2)10(5,8)9/h3H2,1-2H3,(H,8,9). The SMILES string of the molecule is CC(=O)CN(C)P(=O)(O)Cl. The summed E-state index contributed by atoms with van der Waals surface area (Å²) in [6.45, 7) is -2.50. The van der Waals surface area contributed by atoms with Crippen LogP contribution in [0.5, 0.6) is 0 Å². The maximum atomic E-state index is 10.5.